The van der Waals surface area contributed by atoms with Crippen molar-refractivity contribution in [2.45, 2.75) is 6.54 Å². The molecule has 1 aromatic rings. The lowest BCUT2D eigenvalue weighted by Crippen LogP contribution is -2.17. The Morgan fingerprint density at radius 3 is 3.18 bits per heavy atom. The van der Waals surface area contributed by atoms with Crippen LogP contribution in [0.2, 0.25) is 0 Å². The second-order valence-corrected chi connectivity index (χ2v) is 3.24. The van der Waals surface area contributed by atoms with E-state index < -0.39 is 0 Å². The summed E-state index contributed by atoms with van der Waals surface area (Å²) in [6.45, 7) is 1.23. The van der Waals surface area contributed by atoms with Crippen molar-refractivity contribution in [2.75, 3.05) is 13.6 Å². The second-order valence-electron chi connectivity index (χ2n) is 2.26. The first-order chi connectivity index (χ1) is 5.33. The predicted octanol–water partition coefficient (Wildman–Crippen LogP) is 1.10. The minimum Gasteiger partial charge on any atom is -0.287 e. The molecule has 0 aromatic carbocycles. The fourth-order valence-corrected chi connectivity index (χ4v) is 1.43. The fourth-order valence-electron chi connectivity index (χ4n) is 0.739. The van der Waals surface area contributed by atoms with Crippen molar-refractivity contribution in [1.29, 1.82) is 5.26 Å². The van der Waals surface area contributed by atoms with E-state index in [0.717, 1.165) is 11.6 Å². The molecule has 0 aliphatic rings. The maximum atomic E-state index is 8.36. The molecule has 3 nitrogen and oxygen atoms in total. The summed E-state index contributed by atoms with van der Waals surface area (Å²) in [5, 5.41) is 11.4. The second kappa shape index (κ2) is 4.06. The van der Waals surface area contributed by atoms with Gasteiger partial charge in [0.15, 0.2) is 0 Å². The van der Waals surface area contributed by atoms with Gasteiger partial charge < -0.3 is 0 Å². The standard InChI is InChI=1S/C7H9N3S/c1-10(4-2-8)6-7-9-3-5-11-7/h3,5H,4,6H2,1H3. The van der Waals surface area contributed by atoms with Gasteiger partial charge >= 0.3 is 0 Å². The maximum Gasteiger partial charge on any atom is 0.107 e. The lowest BCUT2D eigenvalue weighted by atomic mass is 10.5. The molecule has 1 heterocycles. The summed E-state index contributed by atoms with van der Waals surface area (Å²) >= 11 is 1.61. The molecule has 0 spiro atoms. The molecule has 0 saturated carbocycles. The molecule has 1 aromatic heterocycles. The SMILES string of the molecule is CN(CC#N)Cc1nccs1. The number of thiazole rings is 1. The molecule has 0 amide bonds. The monoisotopic (exact) mass is 167 g/mol. The van der Waals surface area contributed by atoms with E-state index in [0.29, 0.717) is 6.54 Å². The molecule has 0 N–H and O–H groups in total. The van der Waals surface area contributed by atoms with Gasteiger partial charge in [-0.25, -0.2) is 4.98 Å². The van der Waals surface area contributed by atoms with Crippen LogP contribution in [-0.4, -0.2) is 23.5 Å². The predicted molar refractivity (Wildman–Crippen MR) is 44.1 cm³/mol. The highest BCUT2D eigenvalue weighted by atomic mass is 32.1. The van der Waals surface area contributed by atoms with Gasteiger partial charge in [0.05, 0.1) is 19.2 Å². The van der Waals surface area contributed by atoms with E-state index in [1.165, 1.54) is 0 Å². The van der Waals surface area contributed by atoms with Crippen LogP contribution in [0, 0.1) is 11.3 Å². The topological polar surface area (TPSA) is 39.9 Å². The Morgan fingerprint density at radius 2 is 2.64 bits per heavy atom. The Balaban J connectivity index is 2.38. The number of nitriles is 1. The molecular formula is C7H9N3S. The summed E-state index contributed by atoms with van der Waals surface area (Å²) in [5.74, 6) is 0. The zero-order chi connectivity index (χ0) is 8.10. The van der Waals surface area contributed by atoms with Gasteiger partial charge in [0.1, 0.15) is 5.01 Å². The Kier molecular flexibility index (Phi) is 3.02. The molecule has 0 unspecified atom stereocenters. The summed E-state index contributed by atoms with van der Waals surface area (Å²) in [5.41, 5.74) is 0. The van der Waals surface area contributed by atoms with Crippen molar-refractivity contribution in [3.8, 4) is 6.07 Å². The van der Waals surface area contributed by atoms with Gasteiger partial charge in [-0.15, -0.1) is 11.3 Å². The lowest BCUT2D eigenvalue weighted by Gasteiger charge is -2.08. The van der Waals surface area contributed by atoms with Crippen LogP contribution in [0.15, 0.2) is 11.6 Å². The van der Waals surface area contributed by atoms with Crippen molar-refractivity contribution in [1.82, 2.24) is 9.88 Å². The Hall–Kier alpha value is -0.920. The van der Waals surface area contributed by atoms with Crippen molar-refractivity contribution in [2.24, 2.45) is 0 Å². The molecule has 4 heteroatoms. The minimum absolute atomic E-state index is 0.458. The van der Waals surface area contributed by atoms with E-state index in [2.05, 4.69) is 11.1 Å². The summed E-state index contributed by atoms with van der Waals surface area (Å²) in [6.07, 6.45) is 1.78. The maximum absolute atomic E-state index is 8.36. The molecule has 0 radical (unpaired) electrons. The summed E-state index contributed by atoms with van der Waals surface area (Å²) in [6, 6.07) is 2.08. The van der Waals surface area contributed by atoms with Crippen molar-refractivity contribution in [3.05, 3.63) is 16.6 Å². The van der Waals surface area contributed by atoms with Crippen molar-refractivity contribution >= 4 is 11.3 Å². The summed E-state index contributed by atoms with van der Waals surface area (Å²) < 4.78 is 0. The average Bonchev–Trinajstić information content (AvgIpc) is 2.40. The number of rotatable bonds is 3. The van der Waals surface area contributed by atoms with Gasteiger partial charge in [-0.2, -0.15) is 5.26 Å². The largest absolute Gasteiger partial charge is 0.287 e. The molecule has 0 atom stereocenters. The highest BCUT2D eigenvalue weighted by molar-refractivity contribution is 7.09. The molecule has 11 heavy (non-hydrogen) atoms. The van der Waals surface area contributed by atoms with Gasteiger partial charge in [0.2, 0.25) is 0 Å². The first-order valence-corrected chi connectivity index (χ1v) is 4.15. The van der Waals surface area contributed by atoms with Gasteiger partial charge in [-0.1, -0.05) is 0 Å². The van der Waals surface area contributed by atoms with Crippen molar-refractivity contribution in [3.63, 3.8) is 0 Å². The molecule has 0 fully saturated rings. The van der Waals surface area contributed by atoms with Crippen LogP contribution in [-0.2, 0) is 6.54 Å². The first-order valence-electron chi connectivity index (χ1n) is 3.27. The molecule has 0 aliphatic carbocycles. The molecule has 0 aliphatic heterocycles. The van der Waals surface area contributed by atoms with Crippen LogP contribution in [0.1, 0.15) is 5.01 Å². The lowest BCUT2D eigenvalue weighted by molar-refractivity contribution is 0.367. The van der Waals surface area contributed by atoms with Gasteiger partial charge in [0.25, 0.3) is 0 Å². The third kappa shape index (κ3) is 2.66. The molecular weight excluding hydrogens is 158 g/mol. The highest BCUT2D eigenvalue weighted by Crippen LogP contribution is 2.05. The fraction of sp³-hybridized carbons (Fsp3) is 0.429. The Bertz CT molecular complexity index is 237. The summed E-state index contributed by atoms with van der Waals surface area (Å²) in [4.78, 5) is 6.04. The van der Waals surface area contributed by atoms with Crippen molar-refractivity contribution < 1.29 is 0 Å². The molecule has 1 rings (SSSR count). The van der Waals surface area contributed by atoms with E-state index in [-0.39, 0.29) is 0 Å². The van der Waals surface area contributed by atoms with Gasteiger partial charge in [-0.05, 0) is 7.05 Å². The highest BCUT2D eigenvalue weighted by Gasteiger charge is 1.99. The van der Waals surface area contributed by atoms with E-state index in [1.807, 2.05) is 17.3 Å². The van der Waals surface area contributed by atoms with Crippen LogP contribution in [0.4, 0.5) is 0 Å². The van der Waals surface area contributed by atoms with Crippen LogP contribution in [0.5, 0.6) is 0 Å². The van der Waals surface area contributed by atoms with Crippen LogP contribution in [0.25, 0.3) is 0 Å². The number of hydrogen-bond acceptors (Lipinski definition) is 4. The summed E-state index contributed by atoms with van der Waals surface area (Å²) in [7, 11) is 1.91. The minimum atomic E-state index is 0.458. The Morgan fingerprint density at radius 1 is 1.82 bits per heavy atom. The molecule has 0 bridgehead atoms. The van der Waals surface area contributed by atoms with E-state index >= 15 is 0 Å². The van der Waals surface area contributed by atoms with Crippen LogP contribution >= 0.6 is 11.3 Å². The van der Waals surface area contributed by atoms with E-state index in [1.54, 1.807) is 17.5 Å². The van der Waals surface area contributed by atoms with Gasteiger partial charge in [0, 0.05) is 11.6 Å². The third-order valence-corrected chi connectivity index (χ3v) is 1.99. The zero-order valence-corrected chi connectivity index (χ0v) is 7.14. The molecule has 58 valence electrons. The smallest absolute Gasteiger partial charge is 0.107 e. The van der Waals surface area contributed by atoms with Crippen LogP contribution in [0.3, 0.4) is 0 Å². The quantitative estimate of drug-likeness (QED) is 0.633. The number of aromatic nitrogens is 1. The van der Waals surface area contributed by atoms with E-state index in [9.17, 15) is 0 Å². The number of hydrogen-bond donors (Lipinski definition) is 0. The normalized spacial score (nSPS) is 9.91. The van der Waals surface area contributed by atoms with E-state index in [4.69, 9.17) is 5.26 Å². The first kappa shape index (κ1) is 8.18. The molecule has 0 saturated heterocycles. The number of nitrogens with zero attached hydrogens (tertiary/aromatic N) is 3. The third-order valence-electron chi connectivity index (χ3n) is 1.23. The zero-order valence-electron chi connectivity index (χ0n) is 6.32. The van der Waals surface area contributed by atoms with Crippen LogP contribution < -0.4 is 0 Å². The average molecular weight is 167 g/mol. The van der Waals surface area contributed by atoms with Gasteiger partial charge in [-0.3, -0.25) is 4.90 Å². The Labute approximate surface area is 69.9 Å².